The van der Waals surface area contributed by atoms with Gasteiger partial charge in [0.15, 0.2) is 0 Å². The second kappa shape index (κ2) is 9.06. The molecule has 0 radical (unpaired) electrons. The number of hydrogen-bond donors (Lipinski definition) is 0. The minimum Gasteiger partial charge on any atom is -0.379 e. The molecule has 166 valence electrons. The number of halogens is 4. The van der Waals surface area contributed by atoms with E-state index >= 15 is 0 Å². The Balaban J connectivity index is 1.74. The Bertz CT molecular complexity index is 920. The van der Waals surface area contributed by atoms with Gasteiger partial charge in [-0.1, -0.05) is 41.9 Å². The first kappa shape index (κ1) is 21.9. The fraction of sp³-hybridized carbons (Fsp3) is 0.409. The van der Waals surface area contributed by atoms with E-state index in [1.54, 1.807) is 6.07 Å². The largest absolute Gasteiger partial charge is 0.406 e. The predicted molar refractivity (Wildman–Crippen MR) is 112 cm³/mol. The molecule has 2 heterocycles. The third-order valence-electron chi connectivity index (χ3n) is 5.58. The Labute approximate surface area is 183 Å². The highest BCUT2D eigenvalue weighted by Gasteiger charge is 2.43. The van der Waals surface area contributed by atoms with Gasteiger partial charge >= 0.3 is 12.2 Å². The van der Waals surface area contributed by atoms with Crippen molar-refractivity contribution in [2.24, 2.45) is 0 Å². The third kappa shape index (κ3) is 4.97. The van der Waals surface area contributed by atoms with Crippen molar-refractivity contribution in [1.29, 1.82) is 0 Å². The number of rotatable bonds is 5. The van der Waals surface area contributed by atoms with E-state index in [9.17, 15) is 18.0 Å². The molecule has 0 saturated carbocycles. The van der Waals surface area contributed by atoms with Crippen LogP contribution in [0.4, 0.5) is 23.7 Å². The van der Waals surface area contributed by atoms with Gasteiger partial charge in [-0.15, -0.1) is 0 Å². The summed E-state index contributed by atoms with van der Waals surface area (Å²) in [6.45, 7) is 2.16. The molecule has 0 aromatic heterocycles. The lowest BCUT2D eigenvalue weighted by atomic mass is 9.93. The number of benzene rings is 2. The van der Waals surface area contributed by atoms with Crippen molar-refractivity contribution in [3.8, 4) is 0 Å². The molecule has 9 heteroatoms. The molecule has 0 aliphatic carbocycles. The smallest absolute Gasteiger partial charge is 0.379 e. The standard InChI is InChI=1S/C22H23ClF3N3O2/c23-17-6-7-19-18(14-17)20(16-4-2-1-3-5-16)28(9-8-27-10-12-31-13-11-27)21(30)29(19)15-22(24,25)26/h1-7,14,20H,8-13,15H2. The maximum absolute atomic E-state index is 13.4. The van der Waals surface area contributed by atoms with Crippen LogP contribution in [0.2, 0.25) is 5.02 Å². The van der Waals surface area contributed by atoms with E-state index in [-0.39, 0.29) is 5.69 Å². The minimum atomic E-state index is -4.53. The summed E-state index contributed by atoms with van der Waals surface area (Å²) in [4.78, 5) is 17.9. The first-order valence-corrected chi connectivity index (χ1v) is 10.5. The number of amides is 2. The van der Waals surface area contributed by atoms with Gasteiger partial charge in [0.1, 0.15) is 6.54 Å². The van der Waals surface area contributed by atoms with Gasteiger partial charge in [-0.25, -0.2) is 4.79 Å². The Kier molecular flexibility index (Phi) is 6.41. The van der Waals surface area contributed by atoms with Crippen LogP contribution >= 0.6 is 11.6 Å². The van der Waals surface area contributed by atoms with E-state index in [1.807, 2.05) is 30.3 Å². The Morgan fingerprint density at radius 3 is 2.42 bits per heavy atom. The number of urea groups is 1. The van der Waals surface area contributed by atoms with Gasteiger partial charge in [-0.3, -0.25) is 9.80 Å². The molecular weight excluding hydrogens is 431 g/mol. The van der Waals surface area contributed by atoms with Crippen LogP contribution in [-0.2, 0) is 4.74 Å². The second-order valence-electron chi connectivity index (χ2n) is 7.65. The molecule has 0 spiro atoms. The Hall–Kier alpha value is -2.29. The van der Waals surface area contributed by atoms with Crippen molar-refractivity contribution in [2.75, 3.05) is 50.8 Å². The molecule has 2 aromatic carbocycles. The van der Waals surface area contributed by atoms with Crippen LogP contribution in [0.5, 0.6) is 0 Å². The molecule has 5 nitrogen and oxygen atoms in total. The summed E-state index contributed by atoms with van der Waals surface area (Å²) in [7, 11) is 0. The molecule has 1 fully saturated rings. The summed E-state index contributed by atoms with van der Waals surface area (Å²) in [5, 5.41) is 0.411. The van der Waals surface area contributed by atoms with Crippen LogP contribution in [0.3, 0.4) is 0 Å². The topological polar surface area (TPSA) is 36.0 Å². The first-order valence-electron chi connectivity index (χ1n) is 10.1. The van der Waals surface area contributed by atoms with E-state index in [4.69, 9.17) is 16.3 Å². The van der Waals surface area contributed by atoms with Crippen LogP contribution in [-0.4, -0.2) is 67.9 Å². The molecule has 2 aromatic rings. The van der Waals surface area contributed by atoms with Crippen molar-refractivity contribution in [3.05, 3.63) is 64.7 Å². The SMILES string of the molecule is O=C1N(CC(F)(F)F)c2ccc(Cl)cc2C(c2ccccc2)N1CCN1CCOCC1. The van der Waals surface area contributed by atoms with Crippen LogP contribution in [0.15, 0.2) is 48.5 Å². The molecule has 4 rings (SSSR count). The van der Waals surface area contributed by atoms with Crippen molar-refractivity contribution >= 4 is 23.3 Å². The zero-order chi connectivity index (χ0) is 22.0. The van der Waals surface area contributed by atoms with Gasteiger partial charge in [0.25, 0.3) is 0 Å². The van der Waals surface area contributed by atoms with Gasteiger partial charge in [0.2, 0.25) is 0 Å². The van der Waals surface area contributed by atoms with Crippen LogP contribution in [0, 0.1) is 0 Å². The zero-order valence-electron chi connectivity index (χ0n) is 16.8. The highest BCUT2D eigenvalue weighted by atomic mass is 35.5. The zero-order valence-corrected chi connectivity index (χ0v) is 17.6. The van der Waals surface area contributed by atoms with Crippen molar-refractivity contribution in [3.63, 3.8) is 0 Å². The normalized spacial score (nSPS) is 20.1. The molecule has 1 atom stereocenters. The van der Waals surface area contributed by atoms with E-state index in [0.717, 1.165) is 23.6 Å². The summed E-state index contributed by atoms with van der Waals surface area (Å²) in [5.41, 5.74) is 1.65. The predicted octanol–water partition coefficient (Wildman–Crippen LogP) is 4.57. The summed E-state index contributed by atoms with van der Waals surface area (Å²) >= 11 is 6.23. The molecule has 0 bridgehead atoms. The number of carbonyl (C=O) groups is 1. The number of ether oxygens (including phenoxy) is 1. The molecule has 0 N–H and O–H groups in total. The van der Waals surface area contributed by atoms with Gasteiger partial charge in [-0.05, 0) is 23.8 Å². The van der Waals surface area contributed by atoms with E-state index in [2.05, 4.69) is 4.90 Å². The maximum Gasteiger partial charge on any atom is 0.406 e. The lowest BCUT2D eigenvalue weighted by Gasteiger charge is -2.44. The molecule has 1 saturated heterocycles. The third-order valence-corrected chi connectivity index (χ3v) is 5.81. The number of carbonyl (C=O) groups excluding carboxylic acids is 1. The van der Waals surface area contributed by atoms with Gasteiger partial charge in [-0.2, -0.15) is 13.2 Å². The summed E-state index contributed by atoms with van der Waals surface area (Å²) in [5.74, 6) is 0. The number of hydrogen-bond acceptors (Lipinski definition) is 3. The van der Waals surface area contributed by atoms with Crippen LogP contribution in [0.1, 0.15) is 17.2 Å². The number of morpholine rings is 1. The van der Waals surface area contributed by atoms with Gasteiger partial charge < -0.3 is 9.64 Å². The lowest BCUT2D eigenvalue weighted by molar-refractivity contribution is -0.119. The van der Waals surface area contributed by atoms with E-state index < -0.39 is 24.8 Å². The number of nitrogens with zero attached hydrogens (tertiary/aromatic N) is 3. The average Bonchev–Trinajstić information content (AvgIpc) is 2.75. The molecule has 1 unspecified atom stereocenters. The summed E-state index contributed by atoms with van der Waals surface area (Å²) < 4.78 is 45.4. The van der Waals surface area contributed by atoms with Crippen molar-refractivity contribution < 1.29 is 22.7 Å². The number of alkyl halides is 3. The fourth-order valence-electron chi connectivity index (χ4n) is 4.15. The van der Waals surface area contributed by atoms with E-state index in [1.165, 1.54) is 17.0 Å². The van der Waals surface area contributed by atoms with Crippen LogP contribution in [0.25, 0.3) is 0 Å². The Morgan fingerprint density at radius 1 is 1.03 bits per heavy atom. The molecule has 2 aliphatic heterocycles. The minimum absolute atomic E-state index is 0.239. The average molecular weight is 454 g/mol. The quantitative estimate of drug-likeness (QED) is 0.665. The van der Waals surface area contributed by atoms with Gasteiger partial charge in [0, 0.05) is 36.8 Å². The number of anilines is 1. The molecular formula is C22H23ClF3N3O2. The maximum atomic E-state index is 13.4. The molecule has 31 heavy (non-hydrogen) atoms. The fourth-order valence-corrected chi connectivity index (χ4v) is 4.33. The molecule has 2 aliphatic rings. The lowest BCUT2D eigenvalue weighted by Crippen LogP contribution is -2.54. The molecule has 2 amide bonds. The van der Waals surface area contributed by atoms with E-state index in [0.29, 0.717) is 36.9 Å². The highest BCUT2D eigenvalue weighted by Crippen LogP contribution is 2.42. The van der Waals surface area contributed by atoms with Crippen LogP contribution < -0.4 is 4.90 Å². The summed E-state index contributed by atoms with van der Waals surface area (Å²) in [6.07, 6.45) is -4.53. The number of fused-ring (bicyclic) bond motifs is 1. The second-order valence-corrected chi connectivity index (χ2v) is 8.08. The summed E-state index contributed by atoms with van der Waals surface area (Å²) in [6, 6.07) is 12.8. The van der Waals surface area contributed by atoms with Crippen molar-refractivity contribution in [2.45, 2.75) is 12.2 Å². The Morgan fingerprint density at radius 2 is 1.74 bits per heavy atom. The highest BCUT2D eigenvalue weighted by molar-refractivity contribution is 6.30. The monoisotopic (exact) mass is 453 g/mol. The van der Waals surface area contributed by atoms with Crippen molar-refractivity contribution in [1.82, 2.24) is 9.80 Å². The van der Waals surface area contributed by atoms with Gasteiger partial charge in [0.05, 0.1) is 24.9 Å². The first-order chi connectivity index (χ1) is 14.8.